The summed E-state index contributed by atoms with van der Waals surface area (Å²) in [5.41, 5.74) is 0.427. The van der Waals surface area contributed by atoms with E-state index in [0.29, 0.717) is 5.69 Å². The number of rotatable bonds is 2. The molecule has 0 aliphatic rings. The van der Waals surface area contributed by atoms with E-state index in [1.165, 1.54) is 30.3 Å². The molecule has 0 radical (unpaired) electrons. The first-order chi connectivity index (χ1) is 9.56. The van der Waals surface area contributed by atoms with Gasteiger partial charge in [-0.2, -0.15) is 0 Å². The molecule has 2 aromatic carbocycles. The molecule has 0 aliphatic heterocycles. The minimum Gasteiger partial charge on any atom is -0.508 e. The first kappa shape index (κ1) is 14.0. The molecular formula is C14H11FN2O2S. The van der Waals surface area contributed by atoms with Crippen LogP contribution >= 0.6 is 12.2 Å². The van der Waals surface area contributed by atoms with Crippen molar-refractivity contribution in [1.29, 1.82) is 0 Å². The van der Waals surface area contributed by atoms with Gasteiger partial charge in [0.1, 0.15) is 11.6 Å². The summed E-state index contributed by atoms with van der Waals surface area (Å²) >= 11 is 4.95. The lowest BCUT2D eigenvalue weighted by atomic mass is 10.2. The van der Waals surface area contributed by atoms with Gasteiger partial charge in [0.2, 0.25) is 0 Å². The first-order valence-electron chi connectivity index (χ1n) is 5.72. The number of phenols is 1. The molecule has 102 valence electrons. The van der Waals surface area contributed by atoms with Crippen molar-refractivity contribution in [1.82, 2.24) is 5.32 Å². The van der Waals surface area contributed by atoms with Gasteiger partial charge in [0, 0.05) is 11.8 Å². The number of anilines is 1. The summed E-state index contributed by atoms with van der Waals surface area (Å²) in [4.78, 5) is 11.8. The van der Waals surface area contributed by atoms with Gasteiger partial charge in [0.15, 0.2) is 5.11 Å². The highest BCUT2D eigenvalue weighted by molar-refractivity contribution is 7.80. The monoisotopic (exact) mass is 290 g/mol. The minimum atomic E-state index is -0.638. The maximum absolute atomic E-state index is 13.4. The second-order valence-electron chi connectivity index (χ2n) is 3.94. The Morgan fingerprint density at radius 1 is 1.15 bits per heavy atom. The summed E-state index contributed by atoms with van der Waals surface area (Å²) in [6, 6.07) is 11.9. The third-order valence-corrected chi connectivity index (χ3v) is 2.65. The zero-order valence-electron chi connectivity index (χ0n) is 10.3. The van der Waals surface area contributed by atoms with Gasteiger partial charge in [0.05, 0.1) is 5.56 Å². The number of benzene rings is 2. The molecule has 0 aliphatic carbocycles. The molecule has 2 rings (SSSR count). The Morgan fingerprint density at radius 2 is 1.90 bits per heavy atom. The van der Waals surface area contributed by atoms with E-state index in [1.54, 1.807) is 18.2 Å². The molecule has 0 fully saturated rings. The summed E-state index contributed by atoms with van der Waals surface area (Å²) in [6.45, 7) is 0. The molecular weight excluding hydrogens is 279 g/mol. The highest BCUT2D eigenvalue weighted by Gasteiger charge is 2.12. The van der Waals surface area contributed by atoms with Gasteiger partial charge in [-0.05, 0) is 36.5 Å². The molecule has 4 nitrogen and oxygen atoms in total. The molecule has 0 atom stereocenters. The van der Waals surface area contributed by atoms with Gasteiger partial charge in [0.25, 0.3) is 5.91 Å². The smallest absolute Gasteiger partial charge is 0.260 e. The van der Waals surface area contributed by atoms with Gasteiger partial charge in [-0.1, -0.05) is 18.2 Å². The third-order valence-electron chi connectivity index (χ3n) is 2.45. The fourth-order valence-corrected chi connectivity index (χ4v) is 1.77. The van der Waals surface area contributed by atoms with Crippen LogP contribution in [0.5, 0.6) is 5.75 Å². The molecule has 20 heavy (non-hydrogen) atoms. The fourth-order valence-electron chi connectivity index (χ4n) is 1.56. The minimum absolute atomic E-state index is 0.0175. The molecule has 0 bridgehead atoms. The van der Waals surface area contributed by atoms with Crippen molar-refractivity contribution >= 4 is 28.9 Å². The lowest BCUT2D eigenvalue weighted by molar-refractivity contribution is 0.0974. The van der Waals surface area contributed by atoms with Gasteiger partial charge in [-0.3, -0.25) is 10.1 Å². The number of carbonyl (C=O) groups is 1. The first-order valence-corrected chi connectivity index (χ1v) is 6.13. The highest BCUT2D eigenvalue weighted by Crippen LogP contribution is 2.15. The van der Waals surface area contributed by atoms with Crippen molar-refractivity contribution < 1.29 is 14.3 Å². The second kappa shape index (κ2) is 6.12. The van der Waals surface area contributed by atoms with E-state index in [1.807, 2.05) is 0 Å². The second-order valence-corrected chi connectivity index (χ2v) is 4.35. The molecule has 0 aromatic heterocycles. The van der Waals surface area contributed by atoms with Gasteiger partial charge >= 0.3 is 0 Å². The molecule has 1 amide bonds. The van der Waals surface area contributed by atoms with Crippen molar-refractivity contribution in [3.63, 3.8) is 0 Å². The van der Waals surface area contributed by atoms with Crippen LogP contribution in [0.1, 0.15) is 10.4 Å². The average Bonchev–Trinajstić information content (AvgIpc) is 2.38. The van der Waals surface area contributed by atoms with Crippen LogP contribution < -0.4 is 10.6 Å². The zero-order chi connectivity index (χ0) is 14.5. The molecule has 0 spiro atoms. The lowest BCUT2D eigenvalue weighted by Crippen LogP contribution is -2.34. The van der Waals surface area contributed by atoms with E-state index in [0.717, 1.165) is 0 Å². The standard InChI is InChI=1S/C14H11FN2O2S/c15-12-7-2-1-6-11(12)13(19)17-14(20)16-9-4-3-5-10(18)8-9/h1-8,18H,(H2,16,17,19,20). The van der Waals surface area contributed by atoms with E-state index < -0.39 is 11.7 Å². The van der Waals surface area contributed by atoms with E-state index in [2.05, 4.69) is 10.6 Å². The molecule has 3 N–H and O–H groups in total. The maximum atomic E-state index is 13.4. The van der Waals surface area contributed by atoms with E-state index >= 15 is 0 Å². The lowest BCUT2D eigenvalue weighted by Gasteiger charge is -2.10. The molecule has 0 heterocycles. The van der Waals surface area contributed by atoms with Crippen molar-refractivity contribution in [3.8, 4) is 5.75 Å². The molecule has 2 aromatic rings. The van der Waals surface area contributed by atoms with Crippen molar-refractivity contribution in [2.75, 3.05) is 5.32 Å². The van der Waals surface area contributed by atoms with Gasteiger partial charge in [-0.25, -0.2) is 4.39 Å². The molecule has 6 heteroatoms. The molecule has 0 saturated carbocycles. The molecule has 0 unspecified atom stereocenters. The number of phenolic OH excluding ortho intramolecular Hbond substituents is 1. The molecule has 0 saturated heterocycles. The number of amides is 1. The van der Waals surface area contributed by atoms with Gasteiger partial charge in [-0.15, -0.1) is 0 Å². The van der Waals surface area contributed by atoms with Crippen LogP contribution in [0, 0.1) is 5.82 Å². The largest absolute Gasteiger partial charge is 0.508 e. The van der Waals surface area contributed by atoms with Crippen LogP contribution in [0.2, 0.25) is 0 Å². The number of carbonyl (C=O) groups excluding carboxylic acids is 1. The van der Waals surface area contributed by atoms with Crippen molar-refractivity contribution in [2.24, 2.45) is 0 Å². The summed E-state index contributed by atoms with van der Waals surface area (Å²) in [5.74, 6) is -1.19. The Balaban J connectivity index is 2.02. The number of thiocarbonyl (C=S) groups is 1. The van der Waals surface area contributed by atoms with Gasteiger partial charge < -0.3 is 10.4 Å². The normalized spacial score (nSPS) is 9.85. The summed E-state index contributed by atoms with van der Waals surface area (Å²) in [5, 5.41) is 14.4. The summed E-state index contributed by atoms with van der Waals surface area (Å²) in [6.07, 6.45) is 0. The van der Waals surface area contributed by atoms with Crippen LogP contribution in [0.3, 0.4) is 0 Å². The SMILES string of the molecule is O=C(NC(=S)Nc1cccc(O)c1)c1ccccc1F. The third kappa shape index (κ3) is 3.52. The number of hydrogen-bond acceptors (Lipinski definition) is 3. The predicted molar refractivity (Wildman–Crippen MR) is 78.2 cm³/mol. The Morgan fingerprint density at radius 3 is 2.60 bits per heavy atom. The van der Waals surface area contributed by atoms with Crippen molar-refractivity contribution in [3.05, 3.63) is 59.9 Å². The Bertz CT molecular complexity index is 661. The summed E-state index contributed by atoms with van der Waals surface area (Å²) < 4.78 is 13.4. The van der Waals surface area contributed by atoms with E-state index in [9.17, 15) is 14.3 Å². The van der Waals surface area contributed by atoms with Crippen LogP contribution in [0.4, 0.5) is 10.1 Å². The van der Waals surface area contributed by atoms with Crippen molar-refractivity contribution in [2.45, 2.75) is 0 Å². The fraction of sp³-hybridized carbons (Fsp3) is 0. The zero-order valence-corrected chi connectivity index (χ0v) is 11.1. The maximum Gasteiger partial charge on any atom is 0.260 e. The highest BCUT2D eigenvalue weighted by atomic mass is 32.1. The Labute approximate surface area is 120 Å². The quantitative estimate of drug-likeness (QED) is 0.744. The van der Waals surface area contributed by atoms with E-state index in [-0.39, 0.29) is 16.4 Å². The van der Waals surface area contributed by atoms with Crippen LogP contribution in [0.15, 0.2) is 48.5 Å². The van der Waals surface area contributed by atoms with Crippen LogP contribution in [-0.2, 0) is 0 Å². The van der Waals surface area contributed by atoms with Crippen LogP contribution in [0.25, 0.3) is 0 Å². The Kier molecular flexibility index (Phi) is 4.27. The summed E-state index contributed by atoms with van der Waals surface area (Å²) in [7, 11) is 0. The predicted octanol–water partition coefficient (Wildman–Crippen LogP) is 2.66. The average molecular weight is 290 g/mol. The number of hydrogen-bond donors (Lipinski definition) is 3. The number of halogens is 1. The van der Waals surface area contributed by atoms with E-state index in [4.69, 9.17) is 12.2 Å². The number of aromatic hydroxyl groups is 1. The topological polar surface area (TPSA) is 61.4 Å². The Hall–Kier alpha value is -2.47. The van der Waals surface area contributed by atoms with Crippen LogP contribution in [-0.4, -0.2) is 16.1 Å². The number of nitrogens with one attached hydrogen (secondary N) is 2.